The van der Waals surface area contributed by atoms with E-state index < -0.39 is 0 Å². The largest absolute Gasteiger partial charge is 0.496 e. The molecule has 3 aromatic carbocycles. The molecule has 0 atom stereocenters. The van der Waals surface area contributed by atoms with Crippen molar-refractivity contribution < 1.29 is 4.74 Å². The summed E-state index contributed by atoms with van der Waals surface area (Å²) < 4.78 is 7.81. The predicted octanol–water partition coefficient (Wildman–Crippen LogP) is 5.11. The fraction of sp³-hybridized carbons (Fsp3) is 0.217. The highest BCUT2D eigenvalue weighted by Gasteiger charge is 2.09. The fourth-order valence-corrected chi connectivity index (χ4v) is 3.74. The van der Waals surface area contributed by atoms with Crippen molar-refractivity contribution in [3.63, 3.8) is 0 Å². The van der Waals surface area contributed by atoms with Gasteiger partial charge in [-0.25, -0.2) is 0 Å². The first-order chi connectivity index (χ1) is 12.8. The number of ether oxygens (including phenoxy) is 1. The molecule has 1 aromatic heterocycles. The van der Waals surface area contributed by atoms with E-state index in [1.807, 2.05) is 18.2 Å². The Morgan fingerprint density at radius 3 is 2.46 bits per heavy atom. The van der Waals surface area contributed by atoms with Gasteiger partial charge in [-0.3, -0.25) is 0 Å². The molecule has 4 rings (SSSR count). The van der Waals surface area contributed by atoms with Gasteiger partial charge in [-0.15, -0.1) is 0 Å². The summed E-state index contributed by atoms with van der Waals surface area (Å²) >= 11 is 0. The second-order valence-corrected chi connectivity index (χ2v) is 6.53. The lowest BCUT2D eigenvalue weighted by Gasteiger charge is -2.10. The number of aromatic nitrogens is 1. The Balaban J connectivity index is 1.59. The van der Waals surface area contributed by atoms with Gasteiger partial charge in [0.25, 0.3) is 0 Å². The number of hydrogen-bond acceptors (Lipinski definition) is 2. The van der Waals surface area contributed by atoms with Crippen molar-refractivity contribution >= 4 is 21.8 Å². The smallest absolute Gasteiger partial charge is 0.123 e. The van der Waals surface area contributed by atoms with Crippen LogP contribution in [0.3, 0.4) is 0 Å². The van der Waals surface area contributed by atoms with E-state index in [0.717, 1.165) is 25.4 Å². The van der Waals surface area contributed by atoms with E-state index in [2.05, 4.69) is 65.3 Å². The minimum absolute atomic E-state index is 0.790. The van der Waals surface area contributed by atoms with Crippen LogP contribution >= 0.6 is 0 Å². The normalized spacial score (nSPS) is 11.3. The Morgan fingerprint density at radius 1 is 0.846 bits per heavy atom. The molecule has 1 heterocycles. The van der Waals surface area contributed by atoms with Crippen LogP contribution in [0.5, 0.6) is 5.75 Å². The van der Waals surface area contributed by atoms with Crippen molar-refractivity contribution in [2.45, 2.75) is 26.6 Å². The molecular formula is C23H24N2O. The maximum absolute atomic E-state index is 5.43. The van der Waals surface area contributed by atoms with Crippen LogP contribution in [0.4, 0.5) is 0 Å². The zero-order valence-electron chi connectivity index (χ0n) is 15.3. The SMILES string of the molecule is CCn1c2ccccc2c2cc(CNCc3ccccc3OC)ccc21. The number of benzene rings is 3. The van der Waals surface area contributed by atoms with E-state index in [1.54, 1.807) is 7.11 Å². The average Bonchev–Trinajstić information content (AvgIpc) is 3.01. The van der Waals surface area contributed by atoms with Crippen LogP contribution in [0.15, 0.2) is 66.7 Å². The molecule has 0 amide bonds. The molecule has 0 bridgehead atoms. The van der Waals surface area contributed by atoms with Crippen molar-refractivity contribution in [3.8, 4) is 5.75 Å². The Bertz CT molecular complexity index is 1050. The third kappa shape index (κ3) is 2.95. The maximum Gasteiger partial charge on any atom is 0.123 e. The molecule has 0 aliphatic heterocycles. The summed E-state index contributed by atoms with van der Waals surface area (Å²) in [5.74, 6) is 0.932. The van der Waals surface area contributed by atoms with Crippen LogP contribution in [-0.4, -0.2) is 11.7 Å². The summed E-state index contributed by atoms with van der Waals surface area (Å²) in [5, 5.41) is 6.20. The van der Waals surface area contributed by atoms with Crippen molar-refractivity contribution in [1.82, 2.24) is 9.88 Å². The first-order valence-corrected chi connectivity index (χ1v) is 9.14. The number of nitrogens with one attached hydrogen (secondary N) is 1. The molecule has 3 heteroatoms. The number of methoxy groups -OCH3 is 1. The van der Waals surface area contributed by atoms with Gasteiger partial charge in [0.2, 0.25) is 0 Å². The molecule has 0 radical (unpaired) electrons. The number of fused-ring (bicyclic) bond motifs is 3. The number of aryl methyl sites for hydroxylation is 1. The summed E-state index contributed by atoms with van der Waals surface area (Å²) in [5.41, 5.74) is 5.09. The molecule has 0 aliphatic rings. The summed E-state index contributed by atoms with van der Waals surface area (Å²) in [6.45, 7) is 4.81. The molecule has 3 nitrogen and oxygen atoms in total. The van der Waals surface area contributed by atoms with Crippen LogP contribution in [0.25, 0.3) is 21.8 Å². The highest BCUT2D eigenvalue weighted by atomic mass is 16.5. The standard InChI is InChI=1S/C23H24N2O/c1-3-25-21-10-6-5-9-19(21)20-14-17(12-13-22(20)25)15-24-16-18-8-4-7-11-23(18)26-2/h4-14,24H,3,15-16H2,1-2H3. The third-order valence-electron chi connectivity index (χ3n) is 4.99. The first kappa shape index (κ1) is 16.7. The first-order valence-electron chi connectivity index (χ1n) is 9.14. The van der Waals surface area contributed by atoms with Crippen LogP contribution < -0.4 is 10.1 Å². The summed E-state index contributed by atoms with van der Waals surface area (Å²) in [4.78, 5) is 0. The van der Waals surface area contributed by atoms with E-state index in [-0.39, 0.29) is 0 Å². The highest BCUT2D eigenvalue weighted by Crippen LogP contribution is 2.29. The minimum atomic E-state index is 0.790. The topological polar surface area (TPSA) is 26.2 Å². The number of para-hydroxylation sites is 2. The van der Waals surface area contributed by atoms with Gasteiger partial charge < -0.3 is 14.6 Å². The van der Waals surface area contributed by atoms with Crippen molar-refractivity contribution in [2.75, 3.05) is 7.11 Å². The molecule has 0 fully saturated rings. The summed E-state index contributed by atoms with van der Waals surface area (Å²) in [6, 6.07) is 23.6. The molecule has 0 saturated heterocycles. The summed E-state index contributed by atoms with van der Waals surface area (Å²) in [7, 11) is 1.72. The second-order valence-electron chi connectivity index (χ2n) is 6.53. The van der Waals surface area contributed by atoms with Gasteiger partial charge in [0.15, 0.2) is 0 Å². The van der Waals surface area contributed by atoms with Crippen molar-refractivity contribution in [3.05, 3.63) is 77.9 Å². The van der Waals surface area contributed by atoms with E-state index in [9.17, 15) is 0 Å². The molecule has 4 aromatic rings. The van der Waals surface area contributed by atoms with Gasteiger partial charge in [0.05, 0.1) is 7.11 Å². The van der Waals surface area contributed by atoms with Crippen LogP contribution in [-0.2, 0) is 19.6 Å². The Hall–Kier alpha value is -2.78. The average molecular weight is 344 g/mol. The summed E-state index contributed by atoms with van der Waals surface area (Å²) in [6.07, 6.45) is 0. The van der Waals surface area contributed by atoms with E-state index in [1.165, 1.54) is 32.9 Å². The Morgan fingerprint density at radius 2 is 1.62 bits per heavy atom. The molecule has 0 unspecified atom stereocenters. The quantitative estimate of drug-likeness (QED) is 0.526. The van der Waals surface area contributed by atoms with Crippen molar-refractivity contribution in [2.24, 2.45) is 0 Å². The third-order valence-corrected chi connectivity index (χ3v) is 4.99. The van der Waals surface area contributed by atoms with Gasteiger partial charge in [0, 0.05) is 47.0 Å². The maximum atomic E-state index is 5.43. The van der Waals surface area contributed by atoms with Gasteiger partial charge in [-0.2, -0.15) is 0 Å². The number of nitrogens with zero attached hydrogens (tertiary/aromatic N) is 1. The Labute approximate surface area is 154 Å². The van der Waals surface area contributed by atoms with Gasteiger partial charge in [0.1, 0.15) is 5.75 Å². The van der Waals surface area contributed by atoms with E-state index in [0.29, 0.717) is 0 Å². The lowest BCUT2D eigenvalue weighted by atomic mass is 10.1. The predicted molar refractivity (Wildman–Crippen MR) is 109 cm³/mol. The number of rotatable bonds is 6. The number of hydrogen-bond donors (Lipinski definition) is 1. The zero-order valence-corrected chi connectivity index (χ0v) is 15.3. The van der Waals surface area contributed by atoms with Crippen LogP contribution in [0.2, 0.25) is 0 Å². The zero-order chi connectivity index (χ0) is 17.9. The molecular weight excluding hydrogens is 320 g/mol. The molecule has 26 heavy (non-hydrogen) atoms. The van der Waals surface area contributed by atoms with E-state index in [4.69, 9.17) is 4.74 Å². The van der Waals surface area contributed by atoms with Crippen LogP contribution in [0.1, 0.15) is 18.1 Å². The van der Waals surface area contributed by atoms with Gasteiger partial charge in [-0.1, -0.05) is 42.5 Å². The lowest BCUT2D eigenvalue weighted by Crippen LogP contribution is -2.13. The fourth-order valence-electron chi connectivity index (χ4n) is 3.74. The second kappa shape index (κ2) is 7.22. The Kier molecular flexibility index (Phi) is 4.63. The highest BCUT2D eigenvalue weighted by molar-refractivity contribution is 6.08. The van der Waals surface area contributed by atoms with Crippen LogP contribution in [0, 0.1) is 0 Å². The van der Waals surface area contributed by atoms with Gasteiger partial charge >= 0.3 is 0 Å². The molecule has 0 spiro atoms. The monoisotopic (exact) mass is 344 g/mol. The van der Waals surface area contributed by atoms with Crippen molar-refractivity contribution in [1.29, 1.82) is 0 Å². The molecule has 1 N–H and O–H groups in total. The van der Waals surface area contributed by atoms with E-state index >= 15 is 0 Å². The lowest BCUT2D eigenvalue weighted by molar-refractivity contribution is 0.407. The minimum Gasteiger partial charge on any atom is -0.496 e. The molecule has 132 valence electrons. The molecule has 0 aliphatic carbocycles. The molecule has 0 saturated carbocycles. The van der Waals surface area contributed by atoms with Gasteiger partial charge in [-0.05, 0) is 36.8 Å².